The molecule has 0 aliphatic carbocycles. The second-order valence-electron chi connectivity index (χ2n) is 9.47. The van der Waals surface area contributed by atoms with E-state index in [0.717, 1.165) is 0 Å². The molecule has 1 heterocycles. The van der Waals surface area contributed by atoms with Gasteiger partial charge in [-0.2, -0.15) is 0 Å². The van der Waals surface area contributed by atoms with E-state index in [4.69, 9.17) is 5.73 Å². The van der Waals surface area contributed by atoms with Crippen LogP contribution in [0, 0.1) is 12.8 Å². The number of hydrogen-bond donors (Lipinski definition) is 4. The summed E-state index contributed by atoms with van der Waals surface area (Å²) in [5.41, 5.74) is 4.89. The lowest BCUT2D eigenvalue weighted by molar-refractivity contribution is -0.158. The van der Waals surface area contributed by atoms with Gasteiger partial charge in [0.15, 0.2) is 5.78 Å². The zero-order valence-corrected chi connectivity index (χ0v) is 21.5. The number of nitrogens with zero attached hydrogens (tertiary/aromatic N) is 1. The van der Waals surface area contributed by atoms with Gasteiger partial charge in [-0.15, -0.1) is 18.3 Å². The smallest absolute Gasteiger partial charge is 0.271 e. The highest BCUT2D eigenvalue weighted by Crippen LogP contribution is 2.41. The number of amides is 2. The van der Waals surface area contributed by atoms with Crippen molar-refractivity contribution >= 4 is 29.4 Å². The van der Waals surface area contributed by atoms with Crippen LogP contribution in [0.15, 0.2) is 61.2 Å². The van der Waals surface area contributed by atoms with Gasteiger partial charge in [0.05, 0.1) is 11.8 Å². The van der Waals surface area contributed by atoms with Crippen LogP contribution in [0.5, 0.6) is 5.75 Å². The fraction of sp³-hybridized carbons (Fsp3) is 0.370. The number of thioether (sulfide) groups is 1. The highest BCUT2D eigenvalue weighted by Gasteiger charge is 2.54. The summed E-state index contributed by atoms with van der Waals surface area (Å²) in [5.74, 6) is -3.23. The molecule has 1 aliphatic heterocycles. The van der Waals surface area contributed by atoms with Crippen molar-refractivity contribution in [2.24, 2.45) is 11.7 Å². The summed E-state index contributed by atoms with van der Waals surface area (Å²) in [4.78, 5) is 41.8. The van der Waals surface area contributed by atoms with Crippen LogP contribution in [-0.2, 0) is 16.0 Å². The molecule has 2 amide bonds. The Morgan fingerprint density at radius 1 is 1.25 bits per heavy atom. The molecular weight excluding hydrogens is 478 g/mol. The normalized spacial score (nSPS) is 19.2. The molecule has 5 N–H and O–H groups in total. The first-order valence-corrected chi connectivity index (χ1v) is 12.6. The Labute approximate surface area is 215 Å². The van der Waals surface area contributed by atoms with Crippen LogP contribution in [0.1, 0.15) is 35.3 Å². The minimum atomic E-state index is -2.62. The summed E-state index contributed by atoms with van der Waals surface area (Å²) in [6.45, 7) is 9.07. The number of carbonyl (C=O) groups excluding carboxylic acids is 3. The van der Waals surface area contributed by atoms with Crippen LogP contribution in [-0.4, -0.2) is 61.6 Å². The van der Waals surface area contributed by atoms with Crippen molar-refractivity contribution in [2.75, 3.05) is 12.4 Å². The Hall–Kier alpha value is -3.14. The number of aliphatic hydroxyl groups is 1. The SMILES string of the molecule is C=CCNC(=O)[C@H]1N(C(=O)[C@@](N)(O)[C@H](Cc2ccccc2)C(=O)c2cccc(O)c2C)CSC1(C)C. The van der Waals surface area contributed by atoms with E-state index >= 15 is 0 Å². The van der Waals surface area contributed by atoms with Crippen LogP contribution in [0.25, 0.3) is 0 Å². The molecule has 1 aliphatic rings. The first-order chi connectivity index (χ1) is 16.9. The first-order valence-electron chi connectivity index (χ1n) is 11.6. The van der Waals surface area contributed by atoms with Gasteiger partial charge in [0.1, 0.15) is 11.8 Å². The van der Waals surface area contributed by atoms with Crippen molar-refractivity contribution in [1.29, 1.82) is 0 Å². The van der Waals surface area contributed by atoms with E-state index in [9.17, 15) is 24.6 Å². The number of benzene rings is 2. The number of Topliss-reactive ketones (excluding diaryl/α,β-unsaturated/α-hetero) is 1. The van der Waals surface area contributed by atoms with Crippen molar-refractivity contribution < 1.29 is 24.6 Å². The molecule has 2 aromatic rings. The molecule has 1 saturated heterocycles. The molecule has 9 heteroatoms. The number of carbonyl (C=O) groups is 3. The highest BCUT2D eigenvalue weighted by atomic mass is 32.2. The molecule has 0 saturated carbocycles. The lowest BCUT2D eigenvalue weighted by Gasteiger charge is -2.37. The molecule has 192 valence electrons. The fourth-order valence-electron chi connectivity index (χ4n) is 4.42. The predicted octanol–water partition coefficient (Wildman–Crippen LogP) is 2.37. The molecule has 3 atom stereocenters. The number of nitrogens with one attached hydrogen (secondary N) is 1. The Kier molecular flexibility index (Phi) is 8.28. The van der Waals surface area contributed by atoms with Crippen molar-refractivity contribution in [3.63, 3.8) is 0 Å². The lowest BCUT2D eigenvalue weighted by Crippen LogP contribution is -2.65. The molecule has 0 bridgehead atoms. The highest BCUT2D eigenvalue weighted by molar-refractivity contribution is 8.00. The third-order valence-corrected chi connectivity index (χ3v) is 7.89. The zero-order valence-electron chi connectivity index (χ0n) is 20.7. The molecule has 8 nitrogen and oxygen atoms in total. The summed E-state index contributed by atoms with van der Waals surface area (Å²) in [6, 6.07) is 12.5. The van der Waals surface area contributed by atoms with Crippen molar-refractivity contribution in [3.8, 4) is 5.75 Å². The van der Waals surface area contributed by atoms with E-state index in [1.54, 1.807) is 31.2 Å². The Morgan fingerprint density at radius 3 is 2.56 bits per heavy atom. The molecule has 2 aromatic carbocycles. The molecule has 0 unspecified atom stereocenters. The van der Waals surface area contributed by atoms with Gasteiger partial charge in [-0.3, -0.25) is 20.1 Å². The summed E-state index contributed by atoms with van der Waals surface area (Å²) in [7, 11) is 0. The van der Waals surface area contributed by atoms with Gasteiger partial charge in [0, 0.05) is 22.4 Å². The van der Waals surface area contributed by atoms with Crippen LogP contribution < -0.4 is 11.1 Å². The molecule has 36 heavy (non-hydrogen) atoms. The number of ketones is 1. The molecule has 1 fully saturated rings. The maximum atomic E-state index is 13.8. The lowest BCUT2D eigenvalue weighted by atomic mass is 9.81. The average molecular weight is 512 g/mol. The monoisotopic (exact) mass is 511 g/mol. The van der Waals surface area contributed by atoms with Crippen LogP contribution in [0.2, 0.25) is 0 Å². The van der Waals surface area contributed by atoms with Gasteiger partial charge >= 0.3 is 0 Å². The summed E-state index contributed by atoms with van der Waals surface area (Å²) < 4.78 is -0.655. The summed E-state index contributed by atoms with van der Waals surface area (Å²) in [6.07, 6.45) is 1.51. The maximum Gasteiger partial charge on any atom is 0.271 e. The maximum absolute atomic E-state index is 13.8. The second-order valence-corrected chi connectivity index (χ2v) is 11.1. The summed E-state index contributed by atoms with van der Waals surface area (Å²) >= 11 is 1.38. The number of nitrogens with two attached hydrogens (primary N) is 1. The van der Waals surface area contributed by atoms with Crippen LogP contribution in [0.4, 0.5) is 0 Å². The van der Waals surface area contributed by atoms with E-state index in [2.05, 4.69) is 11.9 Å². The standard InChI is InChI=1S/C27H33N3O5S/c1-5-14-29-24(33)23-26(3,4)36-16-30(23)25(34)27(28,35)20(15-18-10-7-6-8-11-18)22(32)19-12-9-13-21(31)17(19)2/h5-13,20,23,31,35H,1,14-16,28H2,2-4H3,(H,29,33)/t20-,23-,27+/m1/s1. The Bertz CT molecular complexity index is 1150. The minimum absolute atomic E-state index is 0.0226. The number of aromatic hydroxyl groups is 1. The molecule has 0 radical (unpaired) electrons. The van der Waals surface area contributed by atoms with E-state index in [-0.39, 0.29) is 30.2 Å². The van der Waals surface area contributed by atoms with Crippen molar-refractivity contribution in [1.82, 2.24) is 10.2 Å². The largest absolute Gasteiger partial charge is 0.508 e. The van der Waals surface area contributed by atoms with Gasteiger partial charge in [-0.05, 0) is 38.8 Å². The molecule has 0 spiro atoms. The van der Waals surface area contributed by atoms with E-state index < -0.39 is 40.0 Å². The quantitative estimate of drug-likeness (QED) is 0.231. The third kappa shape index (κ3) is 5.48. The average Bonchev–Trinajstić information content (AvgIpc) is 3.17. The Morgan fingerprint density at radius 2 is 1.92 bits per heavy atom. The summed E-state index contributed by atoms with van der Waals surface area (Å²) in [5, 5.41) is 24.4. The van der Waals surface area contributed by atoms with Gasteiger partial charge in [0.25, 0.3) is 5.91 Å². The van der Waals surface area contributed by atoms with Crippen molar-refractivity contribution in [2.45, 2.75) is 43.7 Å². The van der Waals surface area contributed by atoms with Crippen LogP contribution >= 0.6 is 11.8 Å². The first kappa shape index (κ1) is 27.4. The Balaban J connectivity index is 2.02. The van der Waals surface area contributed by atoms with E-state index in [1.807, 2.05) is 19.9 Å². The second kappa shape index (κ2) is 10.9. The van der Waals surface area contributed by atoms with Crippen LogP contribution in [0.3, 0.4) is 0 Å². The fourth-order valence-corrected chi connectivity index (χ4v) is 5.55. The molecule has 3 rings (SSSR count). The zero-order chi connectivity index (χ0) is 26.7. The predicted molar refractivity (Wildman–Crippen MR) is 140 cm³/mol. The molecule has 0 aromatic heterocycles. The third-order valence-electron chi connectivity index (χ3n) is 6.52. The van der Waals surface area contributed by atoms with Gasteiger partial charge in [0.2, 0.25) is 11.6 Å². The number of phenolic OH excluding ortho intramolecular Hbond substituents is 1. The minimum Gasteiger partial charge on any atom is -0.508 e. The van der Waals surface area contributed by atoms with E-state index in [0.29, 0.717) is 11.1 Å². The van der Waals surface area contributed by atoms with Gasteiger partial charge < -0.3 is 20.4 Å². The van der Waals surface area contributed by atoms with E-state index in [1.165, 1.54) is 40.9 Å². The number of hydrogen-bond acceptors (Lipinski definition) is 7. The van der Waals surface area contributed by atoms with Gasteiger partial charge in [-0.1, -0.05) is 48.5 Å². The van der Waals surface area contributed by atoms with Gasteiger partial charge in [-0.25, -0.2) is 0 Å². The number of rotatable bonds is 9. The topological polar surface area (TPSA) is 133 Å². The van der Waals surface area contributed by atoms with Crippen molar-refractivity contribution in [3.05, 3.63) is 77.9 Å². The molecular formula is C27H33N3O5S. The number of phenols is 1.